The van der Waals surface area contributed by atoms with Gasteiger partial charge in [-0.15, -0.1) is 0 Å². The fraction of sp³-hybridized carbons (Fsp3) is 0.808. The minimum Gasteiger partial charge on any atom is -0.305 e. The summed E-state index contributed by atoms with van der Waals surface area (Å²) in [6.45, 7) is 16.7. The van der Waals surface area contributed by atoms with Gasteiger partial charge in [0.25, 0.3) is 0 Å². The van der Waals surface area contributed by atoms with E-state index in [0.29, 0.717) is 17.8 Å². The molecule has 0 radical (unpaired) electrons. The molecule has 0 spiro atoms. The van der Waals surface area contributed by atoms with Crippen molar-refractivity contribution >= 4 is 17.3 Å². The van der Waals surface area contributed by atoms with Crippen molar-refractivity contribution in [1.29, 1.82) is 0 Å². The molecule has 1 N–H and O–H groups in total. The summed E-state index contributed by atoms with van der Waals surface area (Å²) in [5.74, 6) is 4.09. The molecule has 2 saturated carbocycles. The average Bonchev–Trinajstić information content (AvgIpc) is 3.44. The number of nitrogens with zero attached hydrogens (tertiary/aromatic N) is 3. The molecule has 0 aromatic heterocycles. The number of hydrogen-bond acceptors (Lipinski definition) is 4. The molecule has 4 aliphatic rings. The molecule has 0 heterocycles. The van der Waals surface area contributed by atoms with Crippen LogP contribution in [0, 0.1) is 35.5 Å². The third-order valence-electron chi connectivity index (χ3n) is 6.88. The zero-order valence-electron chi connectivity index (χ0n) is 20.8. The molecule has 7 unspecified atom stereocenters. The van der Waals surface area contributed by atoms with Gasteiger partial charge in [-0.1, -0.05) is 35.9 Å². The van der Waals surface area contributed by atoms with Crippen LogP contribution in [0.4, 0.5) is 0 Å². The molecular formula is C26H43ClN4. The second-order valence-electron chi connectivity index (χ2n) is 12.3. The summed E-state index contributed by atoms with van der Waals surface area (Å²) in [5.41, 5.74) is 4.44. The molecule has 4 nitrogen and oxygen atoms in total. The lowest BCUT2D eigenvalue weighted by atomic mass is 9.87. The first-order valence-corrected chi connectivity index (χ1v) is 12.4. The summed E-state index contributed by atoms with van der Waals surface area (Å²) in [7, 11) is 0. The second kappa shape index (κ2) is 9.00. The molecule has 2 fully saturated rings. The van der Waals surface area contributed by atoms with Gasteiger partial charge in [0.2, 0.25) is 0 Å². The van der Waals surface area contributed by atoms with Crippen molar-refractivity contribution < 1.29 is 0 Å². The van der Waals surface area contributed by atoms with Gasteiger partial charge in [-0.25, -0.2) is 0 Å². The van der Waals surface area contributed by atoms with Crippen molar-refractivity contribution in [3.63, 3.8) is 0 Å². The summed E-state index contributed by atoms with van der Waals surface area (Å²) in [4.78, 5) is -0.530. The van der Waals surface area contributed by atoms with E-state index in [-0.39, 0.29) is 11.1 Å². The molecule has 4 rings (SSSR count). The van der Waals surface area contributed by atoms with Crippen molar-refractivity contribution in [3.05, 3.63) is 24.3 Å². The molecule has 7 atom stereocenters. The maximum absolute atomic E-state index is 6.55. The molecule has 0 aliphatic heterocycles. The number of hydrogen-bond donors (Lipinski definition) is 1. The van der Waals surface area contributed by atoms with Crippen LogP contribution in [0.1, 0.15) is 81.1 Å². The normalized spacial score (nSPS) is 36.1. The Kier molecular flexibility index (Phi) is 7.11. The highest BCUT2D eigenvalue weighted by atomic mass is 35.5. The highest BCUT2D eigenvalue weighted by molar-refractivity contribution is 6.23. The molecule has 0 amide bonds. The van der Waals surface area contributed by atoms with Crippen LogP contribution in [-0.4, -0.2) is 21.8 Å². The van der Waals surface area contributed by atoms with Crippen LogP contribution in [0.25, 0.3) is 0 Å². The quantitative estimate of drug-likeness (QED) is 0.120. The molecule has 4 aliphatic carbocycles. The summed E-state index contributed by atoms with van der Waals surface area (Å²) < 4.78 is 0. The Balaban J connectivity index is 0.000000176. The Morgan fingerprint density at radius 1 is 0.806 bits per heavy atom. The van der Waals surface area contributed by atoms with Gasteiger partial charge in [0.1, 0.15) is 0 Å². The van der Waals surface area contributed by atoms with E-state index in [9.17, 15) is 0 Å². The molecular weight excluding hydrogens is 404 g/mol. The number of nitrogens with one attached hydrogen (secondary N) is 1. The molecule has 31 heavy (non-hydrogen) atoms. The van der Waals surface area contributed by atoms with Crippen LogP contribution in [0.5, 0.6) is 0 Å². The summed E-state index contributed by atoms with van der Waals surface area (Å²) in [6, 6.07) is 0. The van der Waals surface area contributed by atoms with Gasteiger partial charge in [0.15, 0.2) is 5.00 Å². The highest BCUT2D eigenvalue weighted by Crippen LogP contribution is 2.50. The van der Waals surface area contributed by atoms with Crippen molar-refractivity contribution in [1.82, 2.24) is 5.43 Å². The standard InChI is InChI=1S/C13H21ClN2.C13H22N2/c1-12(2,3)15-16-13(4,14)11-8-9-5-6-10(11)7-9;1-9(14-15-13(2,3)4)12-8-10-5-6-11(12)7-10/h5-6,9-11H,7-8H2,1-4H3;5-6,10-12,15H,7-8H2,1-4H3. The minimum absolute atomic E-state index is 0.0781. The molecule has 0 saturated heterocycles. The maximum atomic E-state index is 6.55. The van der Waals surface area contributed by atoms with E-state index >= 15 is 0 Å². The van der Waals surface area contributed by atoms with Crippen LogP contribution in [0.15, 0.2) is 39.6 Å². The van der Waals surface area contributed by atoms with E-state index < -0.39 is 5.00 Å². The largest absolute Gasteiger partial charge is 0.305 e. The van der Waals surface area contributed by atoms with E-state index in [1.807, 2.05) is 27.7 Å². The van der Waals surface area contributed by atoms with Crippen molar-refractivity contribution in [2.45, 2.75) is 97.1 Å². The van der Waals surface area contributed by atoms with E-state index in [1.165, 1.54) is 31.4 Å². The van der Waals surface area contributed by atoms with Crippen molar-refractivity contribution in [3.8, 4) is 0 Å². The Hall–Kier alpha value is -1.16. The minimum atomic E-state index is -0.530. The maximum Gasteiger partial charge on any atom is 0.155 e. The number of rotatable bonds is 4. The van der Waals surface area contributed by atoms with Gasteiger partial charge in [-0.3, -0.25) is 0 Å². The summed E-state index contributed by atoms with van der Waals surface area (Å²) >= 11 is 6.55. The van der Waals surface area contributed by atoms with Gasteiger partial charge < -0.3 is 5.43 Å². The van der Waals surface area contributed by atoms with Crippen LogP contribution in [0.3, 0.4) is 0 Å². The van der Waals surface area contributed by atoms with Gasteiger partial charge in [0, 0.05) is 23.1 Å². The molecule has 0 aromatic carbocycles. The number of fused-ring (bicyclic) bond motifs is 4. The number of halogens is 1. The lowest BCUT2D eigenvalue weighted by Gasteiger charge is -2.29. The predicted octanol–water partition coefficient (Wildman–Crippen LogP) is 7.37. The summed E-state index contributed by atoms with van der Waals surface area (Å²) in [6.07, 6.45) is 14.5. The van der Waals surface area contributed by atoms with Crippen molar-refractivity contribution in [2.75, 3.05) is 0 Å². The van der Waals surface area contributed by atoms with Gasteiger partial charge in [-0.05, 0) is 105 Å². The number of azo groups is 1. The third kappa shape index (κ3) is 6.66. The van der Waals surface area contributed by atoms with Crippen LogP contribution in [-0.2, 0) is 0 Å². The van der Waals surface area contributed by atoms with Crippen LogP contribution in [0.2, 0.25) is 0 Å². The molecule has 4 bridgehead atoms. The van der Waals surface area contributed by atoms with Crippen LogP contribution >= 0.6 is 11.6 Å². The fourth-order valence-corrected chi connectivity index (χ4v) is 5.60. The monoisotopic (exact) mass is 446 g/mol. The van der Waals surface area contributed by atoms with Gasteiger partial charge in [0.05, 0.1) is 5.54 Å². The van der Waals surface area contributed by atoms with E-state index in [0.717, 1.165) is 17.8 Å². The number of allylic oxidation sites excluding steroid dienone is 4. The Bertz CT molecular complexity index is 750. The first-order chi connectivity index (χ1) is 14.2. The zero-order chi connectivity index (χ0) is 23.0. The topological polar surface area (TPSA) is 49.1 Å². The number of alkyl halides is 1. The smallest absolute Gasteiger partial charge is 0.155 e. The lowest BCUT2D eigenvalue weighted by Crippen LogP contribution is -2.33. The van der Waals surface area contributed by atoms with Gasteiger partial charge in [-0.2, -0.15) is 15.3 Å². The Labute approximate surface area is 195 Å². The lowest BCUT2D eigenvalue weighted by molar-refractivity contribution is 0.325. The molecule has 0 aromatic rings. The summed E-state index contributed by atoms with van der Waals surface area (Å²) in [5, 5.41) is 13.2. The predicted molar refractivity (Wildman–Crippen MR) is 133 cm³/mol. The van der Waals surface area contributed by atoms with E-state index in [2.05, 4.69) is 72.8 Å². The molecule has 174 valence electrons. The number of hydrazone groups is 1. The van der Waals surface area contributed by atoms with Gasteiger partial charge >= 0.3 is 0 Å². The highest BCUT2D eigenvalue weighted by Gasteiger charge is 2.46. The zero-order valence-corrected chi connectivity index (χ0v) is 21.6. The van der Waals surface area contributed by atoms with Crippen molar-refractivity contribution in [2.24, 2.45) is 50.8 Å². The first kappa shape index (κ1) is 24.5. The van der Waals surface area contributed by atoms with E-state index in [1.54, 1.807) is 0 Å². The SMILES string of the molecule is CC(=NNC(C)(C)C)C1CC2C=CC1C2.CC(C)(C)N=NC(C)(Cl)C1CC2C=CC1C2. The Morgan fingerprint density at radius 2 is 1.39 bits per heavy atom. The van der Waals surface area contributed by atoms with Crippen LogP contribution < -0.4 is 5.43 Å². The fourth-order valence-electron chi connectivity index (χ4n) is 5.31. The average molecular weight is 447 g/mol. The third-order valence-corrected chi connectivity index (χ3v) is 7.24. The Morgan fingerprint density at radius 3 is 1.81 bits per heavy atom. The second-order valence-corrected chi connectivity index (χ2v) is 13.0. The first-order valence-electron chi connectivity index (χ1n) is 12.0. The van der Waals surface area contributed by atoms with E-state index in [4.69, 9.17) is 11.6 Å². The molecule has 5 heteroatoms.